The maximum absolute atomic E-state index is 11.1. The van der Waals surface area contributed by atoms with Crippen LogP contribution in [0.2, 0.25) is 0 Å². The number of hydrogen-bond acceptors (Lipinski definition) is 5. The van der Waals surface area contributed by atoms with Gasteiger partial charge in [-0.3, -0.25) is 9.59 Å². The highest BCUT2D eigenvalue weighted by Gasteiger charge is 2.23. The normalized spacial score (nSPS) is 16.4. The van der Waals surface area contributed by atoms with Crippen molar-refractivity contribution in [2.45, 2.75) is 6.42 Å². The number of allylic oxidation sites excluding steroid dienone is 2. The van der Waals surface area contributed by atoms with Crippen molar-refractivity contribution >= 4 is 36.5 Å². The predicted octanol–water partition coefficient (Wildman–Crippen LogP) is 1.78. The third-order valence-corrected chi connectivity index (χ3v) is 3.18. The second-order valence-corrected chi connectivity index (χ2v) is 4.45. The van der Waals surface area contributed by atoms with Crippen LogP contribution in [0.15, 0.2) is 51.8 Å². The van der Waals surface area contributed by atoms with Crippen LogP contribution in [-0.2, 0) is 9.59 Å². The zero-order chi connectivity index (χ0) is 14.7. The van der Waals surface area contributed by atoms with Gasteiger partial charge < -0.3 is 5.32 Å². The van der Waals surface area contributed by atoms with Gasteiger partial charge in [-0.2, -0.15) is 5.10 Å². The van der Waals surface area contributed by atoms with Gasteiger partial charge in [-0.05, 0) is 18.2 Å². The molecular weight excluding hydrogens is 268 g/mol. The minimum absolute atomic E-state index is 0.479. The summed E-state index contributed by atoms with van der Waals surface area (Å²) < 4.78 is 0. The summed E-state index contributed by atoms with van der Waals surface area (Å²) in [5.41, 5.74) is 2.95. The molecule has 1 amide bonds. The minimum Gasteiger partial charge on any atom is -0.329 e. The Kier molecular flexibility index (Phi) is 3.42. The van der Waals surface area contributed by atoms with Crippen molar-refractivity contribution in [3.05, 3.63) is 47.3 Å². The maximum atomic E-state index is 11.1. The Labute approximate surface area is 121 Å². The molecule has 1 aromatic rings. The summed E-state index contributed by atoms with van der Waals surface area (Å²) in [6.45, 7) is 0. The molecule has 0 saturated carbocycles. The third kappa shape index (κ3) is 2.38. The lowest BCUT2D eigenvalue weighted by Crippen LogP contribution is -2.22. The van der Waals surface area contributed by atoms with E-state index in [-0.39, 0.29) is 0 Å². The number of fused-ring (bicyclic) bond motifs is 1. The molecule has 2 aliphatic rings. The number of aldehydes is 1. The highest BCUT2D eigenvalue weighted by atomic mass is 16.1. The molecule has 104 valence electrons. The summed E-state index contributed by atoms with van der Waals surface area (Å²) >= 11 is 0. The van der Waals surface area contributed by atoms with E-state index in [0.29, 0.717) is 29.9 Å². The highest BCUT2D eigenvalue weighted by Crippen LogP contribution is 2.31. The van der Waals surface area contributed by atoms with Crippen LogP contribution >= 0.6 is 0 Å². The van der Waals surface area contributed by atoms with Crippen molar-refractivity contribution in [2.75, 3.05) is 5.32 Å². The van der Waals surface area contributed by atoms with Gasteiger partial charge in [-0.1, -0.05) is 12.1 Å². The van der Waals surface area contributed by atoms with E-state index in [1.54, 1.807) is 23.5 Å². The monoisotopic (exact) mass is 280 g/mol. The summed E-state index contributed by atoms with van der Waals surface area (Å²) in [6, 6.07) is 7.37. The number of benzene rings is 1. The van der Waals surface area contributed by atoms with Crippen LogP contribution in [-0.4, -0.2) is 30.1 Å². The van der Waals surface area contributed by atoms with Gasteiger partial charge >= 0.3 is 0 Å². The molecule has 0 spiro atoms. The first-order valence-corrected chi connectivity index (χ1v) is 6.39. The molecule has 21 heavy (non-hydrogen) atoms. The molecule has 1 N–H and O–H groups in total. The average molecular weight is 280 g/mol. The van der Waals surface area contributed by atoms with Crippen LogP contribution in [0.25, 0.3) is 5.70 Å². The number of hydrogen-bond donors (Lipinski definition) is 1. The van der Waals surface area contributed by atoms with Crippen molar-refractivity contribution in [3.8, 4) is 0 Å². The van der Waals surface area contributed by atoms with E-state index in [2.05, 4.69) is 15.4 Å². The van der Waals surface area contributed by atoms with Crippen molar-refractivity contribution in [3.63, 3.8) is 0 Å². The molecule has 0 saturated heterocycles. The molecule has 0 bridgehead atoms. The summed E-state index contributed by atoms with van der Waals surface area (Å²) in [5, 5.41) is 8.55. The fraction of sp³-hybridized carbons (Fsp3) is 0.0667. The molecule has 0 aliphatic carbocycles. The van der Waals surface area contributed by atoms with Gasteiger partial charge in [0, 0.05) is 35.7 Å². The quantitative estimate of drug-likeness (QED) is 0.854. The average Bonchev–Trinajstić information content (AvgIpc) is 2.54. The summed E-state index contributed by atoms with van der Waals surface area (Å²) in [4.78, 5) is 25.9. The molecular formula is C15H12N4O2. The number of rotatable bonds is 4. The molecule has 0 atom stereocenters. The highest BCUT2D eigenvalue weighted by molar-refractivity contribution is 5.91. The van der Waals surface area contributed by atoms with Gasteiger partial charge in [0.15, 0.2) is 5.82 Å². The zero-order valence-corrected chi connectivity index (χ0v) is 11.1. The van der Waals surface area contributed by atoms with Crippen molar-refractivity contribution < 1.29 is 9.59 Å². The lowest BCUT2D eigenvalue weighted by Gasteiger charge is -2.28. The van der Waals surface area contributed by atoms with E-state index in [1.807, 2.05) is 24.3 Å². The van der Waals surface area contributed by atoms with Crippen LogP contribution in [0, 0.1) is 0 Å². The first-order chi connectivity index (χ1) is 10.3. The SMILES string of the molecule is O=CNc1cccc(C2=CC=NC3=C(C=O)CC=NN23)c1. The van der Waals surface area contributed by atoms with Gasteiger partial charge in [-0.15, -0.1) is 0 Å². The van der Waals surface area contributed by atoms with Crippen LogP contribution < -0.4 is 5.32 Å². The fourth-order valence-electron chi connectivity index (χ4n) is 2.22. The van der Waals surface area contributed by atoms with E-state index in [9.17, 15) is 9.59 Å². The zero-order valence-electron chi connectivity index (χ0n) is 11.1. The van der Waals surface area contributed by atoms with Crippen LogP contribution in [0.5, 0.6) is 0 Å². The Morgan fingerprint density at radius 1 is 1.29 bits per heavy atom. The number of hydrazone groups is 1. The first kappa shape index (κ1) is 13.0. The number of carbonyl (C=O) groups excluding carboxylic acids is 2. The number of nitrogens with one attached hydrogen (secondary N) is 1. The number of nitrogens with zero attached hydrogens (tertiary/aromatic N) is 3. The van der Waals surface area contributed by atoms with E-state index >= 15 is 0 Å². The summed E-state index contributed by atoms with van der Waals surface area (Å²) in [7, 11) is 0. The summed E-state index contributed by atoms with van der Waals surface area (Å²) in [5.74, 6) is 0.541. The molecule has 0 radical (unpaired) electrons. The van der Waals surface area contributed by atoms with Gasteiger partial charge in [0.25, 0.3) is 0 Å². The summed E-state index contributed by atoms with van der Waals surface area (Å²) in [6.07, 6.45) is 7.05. The van der Waals surface area contributed by atoms with Gasteiger partial charge in [0.05, 0.1) is 5.70 Å². The smallest absolute Gasteiger partial charge is 0.211 e. The Hall–Kier alpha value is -3.02. The minimum atomic E-state index is 0.479. The largest absolute Gasteiger partial charge is 0.329 e. The molecule has 6 heteroatoms. The molecule has 0 aromatic heterocycles. The lowest BCUT2D eigenvalue weighted by molar-refractivity contribution is -0.106. The van der Waals surface area contributed by atoms with Gasteiger partial charge in [0.1, 0.15) is 6.29 Å². The molecule has 1 aromatic carbocycles. The Morgan fingerprint density at radius 3 is 3.00 bits per heavy atom. The van der Waals surface area contributed by atoms with Crippen LogP contribution in [0.4, 0.5) is 5.69 Å². The number of aliphatic imine (C=N–C) groups is 1. The molecule has 3 rings (SSSR count). The van der Waals surface area contributed by atoms with E-state index in [4.69, 9.17) is 0 Å². The van der Waals surface area contributed by atoms with Crippen LogP contribution in [0.1, 0.15) is 12.0 Å². The molecule has 0 fully saturated rings. The second kappa shape index (κ2) is 5.54. The number of amides is 1. The van der Waals surface area contributed by atoms with Crippen molar-refractivity contribution in [2.24, 2.45) is 10.1 Å². The fourth-order valence-corrected chi connectivity index (χ4v) is 2.22. The van der Waals surface area contributed by atoms with Crippen molar-refractivity contribution in [1.29, 1.82) is 0 Å². The predicted molar refractivity (Wildman–Crippen MR) is 80.6 cm³/mol. The first-order valence-electron chi connectivity index (χ1n) is 6.39. The Bertz CT molecular complexity index is 716. The molecule has 2 aliphatic heterocycles. The maximum Gasteiger partial charge on any atom is 0.211 e. The standard InChI is InChI=1S/C15H12N4O2/c20-9-12-4-7-18-19-14(5-6-16-15(12)19)11-2-1-3-13(8-11)17-10-21/h1-3,5-10H,4H2,(H,17,21). The van der Waals surface area contributed by atoms with E-state index in [0.717, 1.165) is 17.5 Å². The lowest BCUT2D eigenvalue weighted by atomic mass is 10.1. The Balaban J connectivity index is 2.02. The van der Waals surface area contributed by atoms with E-state index in [1.165, 1.54) is 0 Å². The molecule has 2 heterocycles. The molecule has 6 nitrogen and oxygen atoms in total. The van der Waals surface area contributed by atoms with Gasteiger partial charge in [0.2, 0.25) is 6.41 Å². The third-order valence-electron chi connectivity index (χ3n) is 3.18. The Morgan fingerprint density at radius 2 is 2.19 bits per heavy atom. The van der Waals surface area contributed by atoms with Crippen LogP contribution in [0.3, 0.4) is 0 Å². The number of anilines is 1. The second-order valence-electron chi connectivity index (χ2n) is 4.45. The molecule has 0 unspecified atom stereocenters. The topological polar surface area (TPSA) is 74.1 Å². The number of carbonyl (C=O) groups is 2. The van der Waals surface area contributed by atoms with E-state index < -0.39 is 0 Å². The van der Waals surface area contributed by atoms with Crippen molar-refractivity contribution in [1.82, 2.24) is 5.01 Å². The van der Waals surface area contributed by atoms with Gasteiger partial charge in [-0.25, -0.2) is 10.0 Å².